The number of hydrogen-bond acceptors (Lipinski definition) is 3. The highest BCUT2D eigenvalue weighted by Gasteiger charge is 2.22. The molecule has 1 fully saturated rings. The second-order valence-electron chi connectivity index (χ2n) is 5.29. The molecule has 5 nitrogen and oxygen atoms in total. The Bertz CT molecular complexity index is 512. The number of guanidine groups is 1. The summed E-state index contributed by atoms with van der Waals surface area (Å²) in [5, 5.41) is 12.3. The maximum atomic E-state index is 13.2. The second kappa shape index (κ2) is 9.14. The van der Waals surface area contributed by atoms with Crippen LogP contribution < -0.4 is 11.1 Å². The average Bonchev–Trinajstić information content (AvgIpc) is 2.94. The third kappa shape index (κ3) is 5.28. The first-order valence-corrected chi connectivity index (χ1v) is 7.35. The Hall–Kier alpha value is -1.09. The van der Waals surface area contributed by atoms with Gasteiger partial charge in [0.15, 0.2) is 17.5 Å². The van der Waals surface area contributed by atoms with Crippen LogP contribution in [-0.2, 0) is 6.54 Å². The van der Waals surface area contributed by atoms with Crippen molar-refractivity contribution >= 4 is 29.9 Å². The van der Waals surface area contributed by atoms with Crippen LogP contribution in [0.15, 0.2) is 23.2 Å². The molecule has 1 heterocycles. The standard InChI is InChI=1S/C15H23FN4O.HI/c1-2-20-7-3-4-12(20)10-19-15(17)18-9-11-5-6-14(21)13(16)8-11;/h5-6,8,12,21H,2-4,7,9-10H2,1H3,(H3,17,18,19);1H. The Morgan fingerprint density at radius 2 is 2.32 bits per heavy atom. The van der Waals surface area contributed by atoms with Crippen LogP contribution in [0.3, 0.4) is 0 Å². The van der Waals surface area contributed by atoms with Gasteiger partial charge in [-0.3, -0.25) is 4.90 Å². The smallest absolute Gasteiger partial charge is 0.188 e. The van der Waals surface area contributed by atoms with Crippen LogP contribution in [0.4, 0.5) is 4.39 Å². The fourth-order valence-electron chi connectivity index (χ4n) is 2.65. The van der Waals surface area contributed by atoms with E-state index in [4.69, 9.17) is 10.8 Å². The molecule has 7 heteroatoms. The number of aliphatic imine (C=N–C) groups is 1. The number of benzene rings is 1. The number of nitrogens with zero attached hydrogens (tertiary/aromatic N) is 2. The number of hydrogen-bond donors (Lipinski definition) is 3. The van der Waals surface area contributed by atoms with Gasteiger partial charge in [0.25, 0.3) is 0 Å². The molecule has 0 radical (unpaired) electrons. The molecule has 0 bridgehead atoms. The van der Waals surface area contributed by atoms with E-state index in [0.29, 0.717) is 17.6 Å². The predicted molar refractivity (Wildman–Crippen MR) is 97.1 cm³/mol. The lowest BCUT2D eigenvalue weighted by molar-refractivity contribution is 0.267. The van der Waals surface area contributed by atoms with Gasteiger partial charge >= 0.3 is 0 Å². The molecule has 4 N–H and O–H groups in total. The molecule has 22 heavy (non-hydrogen) atoms. The van der Waals surface area contributed by atoms with Crippen molar-refractivity contribution in [3.8, 4) is 5.75 Å². The second-order valence-corrected chi connectivity index (χ2v) is 5.29. The van der Waals surface area contributed by atoms with Crippen LogP contribution >= 0.6 is 24.0 Å². The van der Waals surface area contributed by atoms with Gasteiger partial charge in [-0.1, -0.05) is 13.0 Å². The summed E-state index contributed by atoms with van der Waals surface area (Å²) in [7, 11) is 0. The van der Waals surface area contributed by atoms with Crippen molar-refractivity contribution in [3.63, 3.8) is 0 Å². The van der Waals surface area contributed by atoms with Crippen molar-refractivity contribution in [1.82, 2.24) is 10.2 Å². The lowest BCUT2D eigenvalue weighted by Gasteiger charge is -2.23. The molecule has 1 unspecified atom stereocenters. The van der Waals surface area contributed by atoms with Crippen LogP contribution in [-0.4, -0.2) is 41.6 Å². The van der Waals surface area contributed by atoms with Gasteiger partial charge < -0.3 is 16.2 Å². The van der Waals surface area contributed by atoms with Gasteiger partial charge in [-0.25, -0.2) is 9.38 Å². The van der Waals surface area contributed by atoms with Gasteiger partial charge in [0.05, 0.1) is 6.54 Å². The summed E-state index contributed by atoms with van der Waals surface area (Å²) in [6.45, 7) is 5.43. The average molecular weight is 422 g/mol. The Kier molecular flexibility index (Phi) is 7.88. The van der Waals surface area contributed by atoms with E-state index in [2.05, 4.69) is 22.1 Å². The summed E-state index contributed by atoms with van der Waals surface area (Å²) < 4.78 is 13.2. The van der Waals surface area contributed by atoms with E-state index in [1.807, 2.05) is 0 Å². The highest BCUT2D eigenvalue weighted by molar-refractivity contribution is 14.0. The van der Waals surface area contributed by atoms with E-state index < -0.39 is 5.82 Å². The molecule has 1 atom stereocenters. The highest BCUT2D eigenvalue weighted by Crippen LogP contribution is 2.17. The number of aromatic hydroxyl groups is 1. The van der Waals surface area contributed by atoms with Crippen molar-refractivity contribution in [1.29, 1.82) is 0 Å². The first-order valence-electron chi connectivity index (χ1n) is 7.35. The number of rotatable bonds is 5. The van der Waals surface area contributed by atoms with E-state index >= 15 is 0 Å². The molecule has 1 saturated heterocycles. The highest BCUT2D eigenvalue weighted by atomic mass is 127. The number of halogens is 2. The number of likely N-dealkylation sites (N-methyl/N-ethyl adjacent to an activating group) is 1. The van der Waals surface area contributed by atoms with E-state index in [0.717, 1.165) is 19.6 Å². The number of phenolic OH excluding ortho intramolecular Hbond substituents is 1. The van der Waals surface area contributed by atoms with Gasteiger partial charge in [0.2, 0.25) is 0 Å². The number of likely N-dealkylation sites (tertiary alicyclic amines) is 1. The van der Waals surface area contributed by atoms with Crippen molar-refractivity contribution in [2.45, 2.75) is 32.4 Å². The molecular weight excluding hydrogens is 398 g/mol. The van der Waals surface area contributed by atoms with Crippen LogP contribution in [0.25, 0.3) is 0 Å². The monoisotopic (exact) mass is 422 g/mol. The van der Waals surface area contributed by atoms with Crippen LogP contribution in [0.1, 0.15) is 25.3 Å². The quantitative estimate of drug-likeness (QED) is 0.386. The molecule has 1 aromatic carbocycles. The molecule has 0 saturated carbocycles. The number of phenols is 1. The fourth-order valence-corrected chi connectivity index (χ4v) is 2.65. The molecule has 1 aliphatic rings. The minimum Gasteiger partial charge on any atom is -0.505 e. The van der Waals surface area contributed by atoms with Gasteiger partial charge in [-0.15, -0.1) is 24.0 Å². The Morgan fingerprint density at radius 1 is 1.55 bits per heavy atom. The number of nitrogens with one attached hydrogen (secondary N) is 1. The minimum atomic E-state index is -0.640. The molecule has 0 aliphatic carbocycles. The van der Waals surface area contributed by atoms with Crippen LogP contribution in [0.2, 0.25) is 0 Å². The molecule has 0 spiro atoms. The summed E-state index contributed by atoms with van der Waals surface area (Å²) in [5.41, 5.74) is 6.50. The van der Waals surface area contributed by atoms with Crippen LogP contribution in [0, 0.1) is 5.82 Å². The molecule has 1 aromatic rings. The summed E-state index contributed by atoms with van der Waals surface area (Å²) in [6.07, 6.45) is 2.40. The van der Waals surface area contributed by atoms with Gasteiger partial charge in [0.1, 0.15) is 0 Å². The summed E-state index contributed by atoms with van der Waals surface area (Å²) >= 11 is 0. The van der Waals surface area contributed by atoms with Gasteiger partial charge in [-0.05, 0) is 43.6 Å². The Balaban J connectivity index is 0.00000242. The summed E-state index contributed by atoms with van der Waals surface area (Å²) in [6, 6.07) is 4.73. The minimum absolute atomic E-state index is 0. The van der Waals surface area contributed by atoms with Crippen molar-refractivity contribution in [3.05, 3.63) is 29.6 Å². The molecule has 124 valence electrons. The summed E-state index contributed by atoms with van der Waals surface area (Å²) in [4.78, 5) is 6.62. The van der Waals surface area contributed by atoms with Crippen molar-refractivity contribution in [2.24, 2.45) is 10.7 Å². The molecule has 0 aromatic heterocycles. The third-order valence-corrected chi connectivity index (χ3v) is 3.87. The van der Waals surface area contributed by atoms with Crippen molar-refractivity contribution in [2.75, 3.05) is 19.6 Å². The number of nitrogens with two attached hydrogens (primary N) is 1. The molecular formula is C15H24FIN4O. The topological polar surface area (TPSA) is 73.9 Å². The van der Waals surface area contributed by atoms with E-state index in [9.17, 15) is 4.39 Å². The zero-order valence-electron chi connectivity index (χ0n) is 12.8. The Labute approximate surface area is 147 Å². The third-order valence-electron chi connectivity index (χ3n) is 3.87. The predicted octanol–water partition coefficient (Wildman–Crippen LogP) is 2.04. The zero-order chi connectivity index (χ0) is 15.2. The van der Waals surface area contributed by atoms with Crippen molar-refractivity contribution < 1.29 is 9.50 Å². The van der Waals surface area contributed by atoms with E-state index in [1.54, 1.807) is 6.07 Å². The zero-order valence-corrected chi connectivity index (χ0v) is 15.1. The maximum absolute atomic E-state index is 13.2. The first kappa shape index (κ1) is 19.0. The summed E-state index contributed by atoms with van der Waals surface area (Å²) in [5.74, 6) is -0.625. The van der Waals surface area contributed by atoms with Gasteiger partial charge in [0, 0.05) is 12.6 Å². The lowest BCUT2D eigenvalue weighted by atomic mass is 10.2. The molecule has 0 amide bonds. The SMILES string of the molecule is CCN1CCCC1CNC(N)=NCc1ccc(O)c(F)c1.I. The largest absolute Gasteiger partial charge is 0.505 e. The van der Waals surface area contributed by atoms with Crippen LogP contribution in [0.5, 0.6) is 5.75 Å². The maximum Gasteiger partial charge on any atom is 0.188 e. The Morgan fingerprint density at radius 3 is 3.00 bits per heavy atom. The fraction of sp³-hybridized carbons (Fsp3) is 0.533. The molecule has 2 rings (SSSR count). The first-order chi connectivity index (χ1) is 10.1. The van der Waals surface area contributed by atoms with E-state index in [1.165, 1.54) is 25.0 Å². The van der Waals surface area contributed by atoms with E-state index in [-0.39, 0.29) is 36.3 Å². The van der Waals surface area contributed by atoms with Gasteiger partial charge in [-0.2, -0.15) is 0 Å². The lowest BCUT2D eigenvalue weighted by Crippen LogP contribution is -2.42. The molecule has 1 aliphatic heterocycles. The normalized spacial score (nSPS) is 19.0.